The molecule has 5 nitrogen and oxygen atoms in total. The zero-order valence-corrected chi connectivity index (χ0v) is 15.3. The molecule has 3 fully saturated rings. The van der Waals surface area contributed by atoms with E-state index in [-0.39, 0.29) is 35.7 Å². The second kappa shape index (κ2) is 7.34. The summed E-state index contributed by atoms with van der Waals surface area (Å²) < 4.78 is 0. The van der Waals surface area contributed by atoms with E-state index in [2.05, 4.69) is 17.4 Å². The number of halogens is 1. The highest BCUT2D eigenvalue weighted by atomic mass is 35.5. The van der Waals surface area contributed by atoms with E-state index in [1.54, 1.807) is 0 Å². The Morgan fingerprint density at radius 2 is 1.92 bits per heavy atom. The molecule has 0 radical (unpaired) electrons. The fraction of sp³-hybridized carbons (Fsp3) is 0.579. The molecule has 1 aliphatic carbocycles. The molecule has 1 atom stereocenters. The third-order valence-corrected chi connectivity index (χ3v) is 5.74. The largest absolute Gasteiger partial charge is 0.340 e. The molecule has 1 aromatic carbocycles. The zero-order valence-electron chi connectivity index (χ0n) is 14.4. The van der Waals surface area contributed by atoms with Gasteiger partial charge in [0.25, 0.3) is 0 Å². The summed E-state index contributed by atoms with van der Waals surface area (Å²) >= 11 is 0. The van der Waals surface area contributed by atoms with Crippen LogP contribution in [-0.4, -0.2) is 60.4 Å². The summed E-state index contributed by atoms with van der Waals surface area (Å²) in [4.78, 5) is 29.4. The van der Waals surface area contributed by atoms with Gasteiger partial charge in [-0.2, -0.15) is 0 Å². The first-order valence-electron chi connectivity index (χ1n) is 9.06. The minimum atomic E-state index is -0.295. The highest BCUT2D eigenvalue weighted by Crippen LogP contribution is 2.49. The molecule has 6 heteroatoms. The van der Waals surface area contributed by atoms with Crippen LogP contribution < -0.4 is 5.32 Å². The van der Waals surface area contributed by atoms with Gasteiger partial charge < -0.3 is 15.1 Å². The molecule has 2 heterocycles. The number of nitrogens with zero attached hydrogens (tertiary/aromatic N) is 2. The Kier molecular flexibility index (Phi) is 5.35. The number of likely N-dealkylation sites (tertiary alicyclic amines) is 1. The SMILES string of the molecule is Cl.O=C1CNCCN1C1CCCN(C(=O)C2(c3ccccc3)CC2)C1. The van der Waals surface area contributed by atoms with Gasteiger partial charge in [-0.05, 0) is 31.2 Å². The normalized spacial score (nSPS) is 25.3. The van der Waals surface area contributed by atoms with Crippen LogP contribution in [0.3, 0.4) is 0 Å². The quantitative estimate of drug-likeness (QED) is 0.886. The number of piperidine rings is 1. The number of benzene rings is 1. The first-order chi connectivity index (χ1) is 11.7. The van der Waals surface area contributed by atoms with Crippen LogP contribution in [-0.2, 0) is 15.0 Å². The fourth-order valence-electron chi connectivity index (χ4n) is 4.21. The van der Waals surface area contributed by atoms with Crippen molar-refractivity contribution in [3.05, 3.63) is 35.9 Å². The second-order valence-corrected chi connectivity index (χ2v) is 7.26. The van der Waals surface area contributed by atoms with Crippen molar-refractivity contribution < 1.29 is 9.59 Å². The zero-order chi connectivity index (χ0) is 16.6. The Bertz CT molecular complexity index is 633. The van der Waals surface area contributed by atoms with E-state index >= 15 is 0 Å². The van der Waals surface area contributed by atoms with E-state index in [0.717, 1.165) is 50.9 Å². The Morgan fingerprint density at radius 3 is 2.60 bits per heavy atom. The van der Waals surface area contributed by atoms with Gasteiger partial charge in [-0.1, -0.05) is 30.3 Å². The van der Waals surface area contributed by atoms with Crippen LogP contribution in [0, 0.1) is 0 Å². The minimum Gasteiger partial charge on any atom is -0.340 e. The highest BCUT2D eigenvalue weighted by molar-refractivity contribution is 5.91. The van der Waals surface area contributed by atoms with Crippen molar-refractivity contribution in [2.75, 3.05) is 32.7 Å². The third kappa shape index (κ3) is 3.40. The number of hydrogen-bond acceptors (Lipinski definition) is 3. The lowest BCUT2D eigenvalue weighted by Gasteiger charge is -2.42. The molecular formula is C19H26ClN3O2. The van der Waals surface area contributed by atoms with E-state index in [9.17, 15) is 9.59 Å². The Labute approximate surface area is 155 Å². The first-order valence-corrected chi connectivity index (χ1v) is 9.06. The lowest BCUT2D eigenvalue weighted by Crippen LogP contribution is -2.58. The summed E-state index contributed by atoms with van der Waals surface area (Å²) in [5, 5.41) is 3.12. The van der Waals surface area contributed by atoms with Crippen molar-refractivity contribution in [3.63, 3.8) is 0 Å². The number of carbonyl (C=O) groups excluding carboxylic acids is 2. The van der Waals surface area contributed by atoms with Crippen molar-refractivity contribution in [2.45, 2.75) is 37.1 Å². The molecule has 2 aliphatic heterocycles. The first kappa shape index (κ1) is 18.2. The molecular weight excluding hydrogens is 338 g/mol. The monoisotopic (exact) mass is 363 g/mol. The number of carbonyl (C=O) groups is 2. The smallest absolute Gasteiger partial charge is 0.236 e. The molecule has 1 aromatic rings. The van der Waals surface area contributed by atoms with Gasteiger partial charge in [0.2, 0.25) is 11.8 Å². The van der Waals surface area contributed by atoms with Gasteiger partial charge in [-0.25, -0.2) is 0 Å². The van der Waals surface area contributed by atoms with Gasteiger partial charge in [0.15, 0.2) is 0 Å². The molecule has 1 saturated carbocycles. The summed E-state index contributed by atoms with van der Waals surface area (Å²) in [6, 6.07) is 10.4. The molecule has 2 saturated heterocycles. The van der Waals surface area contributed by atoms with Gasteiger partial charge in [0.1, 0.15) is 0 Å². The average molecular weight is 364 g/mol. The summed E-state index contributed by atoms with van der Waals surface area (Å²) in [5.74, 6) is 0.436. The van der Waals surface area contributed by atoms with Gasteiger partial charge in [-0.3, -0.25) is 9.59 Å². The van der Waals surface area contributed by atoms with E-state index in [4.69, 9.17) is 0 Å². The molecule has 3 aliphatic rings. The number of rotatable bonds is 3. The molecule has 0 spiro atoms. The Balaban J connectivity index is 0.00000182. The van der Waals surface area contributed by atoms with Crippen molar-refractivity contribution in [1.82, 2.24) is 15.1 Å². The second-order valence-electron chi connectivity index (χ2n) is 7.26. The maximum Gasteiger partial charge on any atom is 0.236 e. The molecule has 0 aromatic heterocycles. The minimum absolute atomic E-state index is 0. The predicted molar refractivity (Wildman–Crippen MR) is 98.8 cm³/mol. The van der Waals surface area contributed by atoms with E-state index in [1.807, 2.05) is 28.0 Å². The van der Waals surface area contributed by atoms with Crippen LogP contribution >= 0.6 is 12.4 Å². The number of hydrogen-bond donors (Lipinski definition) is 1. The van der Waals surface area contributed by atoms with Gasteiger partial charge in [-0.15, -0.1) is 12.4 Å². The summed E-state index contributed by atoms with van der Waals surface area (Å²) in [7, 11) is 0. The number of piperazine rings is 1. The molecule has 2 amide bonds. The van der Waals surface area contributed by atoms with Gasteiger partial charge >= 0.3 is 0 Å². The molecule has 4 rings (SSSR count). The van der Waals surface area contributed by atoms with E-state index in [0.29, 0.717) is 13.1 Å². The Morgan fingerprint density at radius 1 is 1.16 bits per heavy atom. The van der Waals surface area contributed by atoms with Crippen LogP contribution in [0.5, 0.6) is 0 Å². The van der Waals surface area contributed by atoms with Crippen LogP contribution in [0.2, 0.25) is 0 Å². The average Bonchev–Trinajstić information content (AvgIpc) is 3.44. The van der Waals surface area contributed by atoms with Crippen LogP contribution in [0.4, 0.5) is 0 Å². The van der Waals surface area contributed by atoms with Gasteiger partial charge in [0, 0.05) is 32.2 Å². The molecule has 25 heavy (non-hydrogen) atoms. The summed E-state index contributed by atoms with van der Waals surface area (Å²) in [5.41, 5.74) is 0.853. The maximum atomic E-state index is 13.2. The standard InChI is InChI=1S/C19H25N3O2.ClH/c23-17-13-20-10-12-22(17)16-7-4-11-21(14-16)18(24)19(8-9-19)15-5-2-1-3-6-15;/h1-3,5-6,16,20H,4,7-14H2;1H. The van der Waals surface area contributed by atoms with Gasteiger partial charge in [0.05, 0.1) is 12.0 Å². The van der Waals surface area contributed by atoms with Crippen molar-refractivity contribution >= 4 is 24.2 Å². The summed E-state index contributed by atoms with van der Waals surface area (Å²) in [6.07, 6.45) is 3.89. The lowest BCUT2D eigenvalue weighted by atomic mass is 9.92. The lowest BCUT2D eigenvalue weighted by molar-refractivity contribution is -0.141. The van der Waals surface area contributed by atoms with Crippen LogP contribution in [0.25, 0.3) is 0 Å². The molecule has 1 unspecified atom stereocenters. The topological polar surface area (TPSA) is 52.7 Å². The maximum absolute atomic E-state index is 13.2. The predicted octanol–water partition coefficient (Wildman–Crippen LogP) is 1.56. The third-order valence-electron chi connectivity index (χ3n) is 5.74. The van der Waals surface area contributed by atoms with Crippen molar-refractivity contribution in [3.8, 4) is 0 Å². The number of amides is 2. The van der Waals surface area contributed by atoms with Crippen molar-refractivity contribution in [1.29, 1.82) is 0 Å². The number of nitrogens with one attached hydrogen (secondary N) is 1. The van der Waals surface area contributed by atoms with Crippen LogP contribution in [0.1, 0.15) is 31.2 Å². The highest BCUT2D eigenvalue weighted by Gasteiger charge is 2.53. The molecule has 1 N–H and O–H groups in total. The molecule has 136 valence electrons. The molecule has 0 bridgehead atoms. The summed E-state index contributed by atoms with van der Waals surface area (Å²) in [6.45, 7) is 3.56. The van der Waals surface area contributed by atoms with E-state index < -0.39 is 0 Å². The van der Waals surface area contributed by atoms with Crippen molar-refractivity contribution in [2.24, 2.45) is 0 Å². The fourth-order valence-corrected chi connectivity index (χ4v) is 4.21. The van der Waals surface area contributed by atoms with Crippen LogP contribution in [0.15, 0.2) is 30.3 Å². The Hall–Kier alpha value is -1.59. The van der Waals surface area contributed by atoms with E-state index in [1.165, 1.54) is 0 Å².